The highest BCUT2D eigenvalue weighted by Gasteiger charge is 2.22. The first-order chi connectivity index (χ1) is 12.5. The monoisotopic (exact) mass is 356 g/mol. The van der Waals surface area contributed by atoms with E-state index in [1.807, 2.05) is 57.1 Å². The van der Waals surface area contributed by atoms with Gasteiger partial charge in [0.05, 0.1) is 13.7 Å². The number of methoxy groups -OCH3 is 1. The average Bonchev–Trinajstić information content (AvgIpc) is 2.65. The van der Waals surface area contributed by atoms with Crippen molar-refractivity contribution in [1.82, 2.24) is 4.90 Å². The van der Waals surface area contributed by atoms with Crippen LogP contribution in [0, 0.1) is 6.61 Å². The standard InChI is InChI=1S/C22H30NO3/c1-6-25-17(2)22(23(3)4)26-21-13-8-7-11-19(21)15-14-18-10-9-12-20(16-18)24-5/h6-13,16-17,22H,14-15H2,1-5H3/t17?,22-/m1/s1. The van der Waals surface area contributed by atoms with Crippen LogP contribution in [0.15, 0.2) is 48.5 Å². The first-order valence-corrected chi connectivity index (χ1v) is 9.02. The number of benzene rings is 2. The second kappa shape index (κ2) is 10.2. The van der Waals surface area contributed by atoms with Gasteiger partial charge in [0.25, 0.3) is 0 Å². The van der Waals surface area contributed by atoms with Gasteiger partial charge in [-0.2, -0.15) is 0 Å². The molecule has 0 saturated carbocycles. The number of hydrogen-bond donors (Lipinski definition) is 0. The zero-order chi connectivity index (χ0) is 18.9. The van der Waals surface area contributed by atoms with Gasteiger partial charge in [-0.15, -0.1) is 0 Å². The van der Waals surface area contributed by atoms with E-state index < -0.39 is 0 Å². The van der Waals surface area contributed by atoms with Gasteiger partial charge in [-0.1, -0.05) is 30.3 Å². The van der Waals surface area contributed by atoms with Crippen molar-refractivity contribution in [2.45, 2.75) is 39.0 Å². The molecule has 1 radical (unpaired) electrons. The smallest absolute Gasteiger partial charge is 0.178 e. The van der Waals surface area contributed by atoms with Crippen LogP contribution < -0.4 is 9.47 Å². The van der Waals surface area contributed by atoms with E-state index in [0.717, 1.165) is 24.3 Å². The normalized spacial score (nSPS) is 13.5. The molecule has 4 heteroatoms. The van der Waals surface area contributed by atoms with Gasteiger partial charge in [0.2, 0.25) is 0 Å². The van der Waals surface area contributed by atoms with Crippen LogP contribution in [0.2, 0.25) is 0 Å². The summed E-state index contributed by atoms with van der Waals surface area (Å²) in [4.78, 5) is 2.03. The SMILES string of the molecule is C[CH]OC(C)[C@@H](Oc1ccccc1CCc1cccc(OC)c1)N(C)C. The Morgan fingerprint density at radius 3 is 2.50 bits per heavy atom. The van der Waals surface area contributed by atoms with Crippen molar-refractivity contribution in [3.05, 3.63) is 66.3 Å². The third kappa shape index (κ3) is 5.75. The molecule has 0 bridgehead atoms. The van der Waals surface area contributed by atoms with Crippen LogP contribution in [0.3, 0.4) is 0 Å². The van der Waals surface area contributed by atoms with Crippen molar-refractivity contribution in [3.8, 4) is 11.5 Å². The van der Waals surface area contributed by atoms with Crippen LogP contribution in [0.4, 0.5) is 0 Å². The second-order valence-corrected chi connectivity index (χ2v) is 6.51. The number of ether oxygens (including phenoxy) is 3. The number of rotatable bonds is 10. The Bertz CT molecular complexity index is 672. The number of hydrogen-bond acceptors (Lipinski definition) is 4. The maximum Gasteiger partial charge on any atom is 0.178 e. The molecule has 2 atom stereocenters. The number of aryl methyl sites for hydroxylation is 2. The van der Waals surface area contributed by atoms with E-state index in [9.17, 15) is 0 Å². The van der Waals surface area contributed by atoms with Crippen molar-refractivity contribution >= 4 is 0 Å². The summed E-state index contributed by atoms with van der Waals surface area (Å²) in [5.41, 5.74) is 2.44. The topological polar surface area (TPSA) is 30.9 Å². The number of likely N-dealkylation sites (N-methyl/N-ethyl adjacent to an activating group) is 1. The fourth-order valence-corrected chi connectivity index (χ4v) is 2.97. The minimum atomic E-state index is -0.163. The molecule has 0 amide bonds. The van der Waals surface area contributed by atoms with Crippen LogP contribution in [0.25, 0.3) is 0 Å². The highest BCUT2D eigenvalue weighted by Crippen LogP contribution is 2.24. The van der Waals surface area contributed by atoms with Gasteiger partial charge >= 0.3 is 0 Å². The van der Waals surface area contributed by atoms with Gasteiger partial charge in [0.15, 0.2) is 6.23 Å². The Kier molecular flexibility index (Phi) is 7.95. The lowest BCUT2D eigenvalue weighted by molar-refractivity contribution is -0.0526. The van der Waals surface area contributed by atoms with Crippen molar-refractivity contribution in [2.24, 2.45) is 0 Å². The fourth-order valence-electron chi connectivity index (χ4n) is 2.97. The summed E-state index contributed by atoms with van der Waals surface area (Å²) < 4.78 is 17.2. The summed E-state index contributed by atoms with van der Waals surface area (Å²) in [6, 6.07) is 16.4. The summed E-state index contributed by atoms with van der Waals surface area (Å²) in [6.07, 6.45) is 1.60. The minimum absolute atomic E-state index is 0.0681. The van der Waals surface area contributed by atoms with Gasteiger partial charge in [-0.25, -0.2) is 0 Å². The largest absolute Gasteiger partial charge is 0.497 e. The van der Waals surface area contributed by atoms with E-state index >= 15 is 0 Å². The molecule has 0 aromatic heterocycles. The summed E-state index contributed by atoms with van der Waals surface area (Å²) >= 11 is 0. The van der Waals surface area contributed by atoms with E-state index in [2.05, 4.69) is 24.3 Å². The first-order valence-electron chi connectivity index (χ1n) is 9.02. The molecule has 0 aliphatic carbocycles. The summed E-state index contributed by atoms with van der Waals surface area (Å²) in [5, 5.41) is 0. The summed E-state index contributed by atoms with van der Waals surface area (Å²) in [6.45, 7) is 5.61. The highest BCUT2D eigenvalue weighted by molar-refractivity contribution is 5.35. The van der Waals surface area contributed by atoms with Crippen molar-refractivity contribution < 1.29 is 14.2 Å². The molecule has 0 spiro atoms. The van der Waals surface area contributed by atoms with Crippen LogP contribution >= 0.6 is 0 Å². The summed E-state index contributed by atoms with van der Waals surface area (Å²) in [5.74, 6) is 1.79. The summed E-state index contributed by atoms with van der Waals surface area (Å²) in [7, 11) is 5.69. The van der Waals surface area contributed by atoms with Gasteiger partial charge in [0.1, 0.15) is 17.6 Å². The van der Waals surface area contributed by atoms with Crippen molar-refractivity contribution in [3.63, 3.8) is 0 Å². The molecule has 0 fully saturated rings. The Labute approximate surface area is 157 Å². The Hall–Kier alpha value is -2.04. The van der Waals surface area contributed by atoms with Crippen LogP contribution in [0.5, 0.6) is 11.5 Å². The predicted octanol–water partition coefficient (Wildman–Crippen LogP) is 4.33. The predicted molar refractivity (Wildman–Crippen MR) is 105 cm³/mol. The Morgan fingerprint density at radius 2 is 1.81 bits per heavy atom. The molecule has 2 aromatic rings. The molecule has 1 unspecified atom stereocenters. The third-order valence-electron chi connectivity index (χ3n) is 4.30. The van der Waals surface area contributed by atoms with E-state index in [0.29, 0.717) is 0 Å². The third-order valence-corrected chi connectivity index (χ3v) is 4.30. The fraction of sp³-hybridized carbons (Fsp3) is 0.409. The maximum atomic E-state index is 6.31. The van der Waals surface area contributed by atoms with Crippen LogP contribution in [-0.2, 0) is 17.6 Å². The average molecular weight is 356 g/mol. The van der Waals surface area contributed by atoms with E-state index in [1.165, 1.54) is 11.1 Å². The lowest BCUT2D eigenvalue weighted by Gasteiger charge is -2.30. The molecule has 2 rings (SSSR count). The number of nitrogens with zero attached hydrogens (tertiary/aromatic N) is 1. The van der Waals surface area contributed by atoms with Gasteiger partial charge in [-0.05, 0) is 70.1 Å². The lowest BCUT2D eigenvalue weighted by atomic mass is 10.0. The molecule has 0 heterocycles. The zero-order valence-electron chi connectivity index (χ0n) is 16.4. The molecule has 2 aromatic carbocycles. The highest BCUT2D eigenvalue weighted by atomic mass is 16.6. The molecule has 0 saturated heterocycles. The van der Waals surface area contributed by atoms with Crippen molar-refractivity contribution in [1.29, 1.82) is 0 Å². The molecule has 141 valence electrons. The van der Waals surface area contributed by atoms with E-state index in [4.69, 9.17) is 14.2 Å². The second-order valence-electron chi connectivity index (χ2n) is 6.51. The van der Waals surface area contributed by atoms with Crippen LogP contribution in [0.1, 0.15) is 25.0 Å². The van der Waals surface area contributed by atoms with E-state index in [-0.39, 0.29) is 12.3 Å². The molecule has 26 heavy (non-hydrogen) atoms. The van der Waals surface area contributed by atoms with Gasteiger partial charge in [0, 0.05) is 0 Å². The maximum absolute atomic E-state index is 6.31. The molecular formula is C22H30NO3. The Morgan fingerprint density at radius 1 is 1.04 bits per heavy atom. The van der Waals surface area contributed by atoms with Crippen molar-refractivity contribution in [2.75, 3.05) is 21.2 Å². The van der Waals surface area contributed by atoms with Crippen LogP contribution in [-0.4, -0.2) is 38.4 Å². The lowest BCUT2D eigenvalue weighted by Crippen LogP contribution is -2.43. The molecule has 0 aliphatic heterocycles. The molecule has 4 nitrogen and oxygen atoms in total. The zero-order valence-corrected chi connectivity index (χ0v) is 16.4. The first kappa shape index (κ1) is 20.3. The Balaban J connectivity index is 2.10. The molecule has 0 N–H and O–H groups in total. The van der Waals surface area contributed by atoms with Gasteiger partial charge in [-0.3, -0.25) is 4.90 Å². The number of para-hydroxylation sites is 1. The minimum Gasteiger partial charge on any atom is -0.497 e. The van der Waals surface area contributed by atoms with Gasteiger partial charge < -0.3 is 14.2 Å². The molecule has 0 aliphatic rings. The molecular weight excluding hydrogens is 326 g/mol. The quantitative estimate of drug-likeness (QED) is 0.593. The van der Waals surface area contributed by atoms with E-state index in [1.54, 1.807) is 13.7 Å².